The van der Waals surface area contributed by atoms with Crippen molar-refractivity contribution in [1.29, 1.82) is 0 Å². The molecule has 1 aromatic carbocycles. The minimum atomic E-state index is -0.318. The van der Waals surface area contributed by atoms with Crippen LogP contribution in [0.2, 0.25) is 0 Å². The molecule has 1 aliphatic rings. The number of hydrogen-bond donors (Lipinski definition) is 0. The summed E-state index contributed by atoms with van der Waals surface area (Å²) in [5.41, 5.74) is 1.41. The minimum Gasteiger partial charge on any atom is -0.465 e. The summed E-state index contributed by atoms with van der Waals surface area (Å²) in [6, 6.07) is 9.49. The maximum absolute atomic E-state index is 11.7. The molecule has 0 bridgehead atoms. The van der Waals surface area contributed by atoms with Gasteiger partial charge in [0, 0.05) is 18.5 Å². The Morgan fingerprint density at radius 1 is 1.21 bits per heavy atom. The quantitative estimate of drug-likeness (QED) is 0.775. The molecule has 0 unspecified atom stereocenters. The normalized spacial score (nSPS) is 14.9. The van der Waals surface area contributed by atoms with Crippen LogP contribution in [0.4, 0.5) is 5.82 Å². The molecule has 1 saturated heterocycles. The van der Waals surface area contributed by atoms with E-state index in [0.29, 0.717) is 5.56 Å². The number of carbonyl (C=O) groups is 1. The molecule has 1 aliphatic heterocycles. The van der Waals surface area contributed by atoms with Crippen molar-refractivity contribution in [3.63, 3.8) is 0 Å². The average molecular weight is 256 g/mol. The van der Waals surface area contributed by atoms with E-state index in [4.69, 9.17) is 4.74 Å². The lowest BCUT2D eigenvalue weighted by Gasteiger charge is -2.16. The van der Waals surface area contributed by atoms with Crippen molar-refractivity contribution in [2.45, 2.75) is 12.8 Å². The Morgan fingerprint density at radius 3 is 2.74 bits per heavy atom. The highest BCUT2D eigenvalue weighted by Gasteiger charge is 2.15. The van der Waals surface area contributed by atoms with E-state index in [1.54, 1.807) is 6.07 Å². The predicted molar refractivity (Wildman–Crippen MR) is 74.5 cm³/mol. The van der Waals surface area contributed by atoms with Gasteiger partial charge in [-0.1, -0.05) is 6.07 Å². The predicted octanol–water partition coefficient (Wildman–Crippen LogP) is 2.62. The third kappa shape index (κ3) is 2.14. The fraction of sp³-hybridized carbons (Fsp3) is 0.333. The molecule has 1 aromatic heterocycles. The number of methoxy groups -OCH3 is 1. The average Bonchev–Trinajstić information content (AvgIpc) is 2.99. The standard InChI is InChI=1S/C15H16N2O2/c1-19-15(18)12-5-4-6-13-11(12)7-8-14(16-13)17-9-2-3-10-17/h4-8H,2-3,9-10H2,1H3. The molecule has 0 amide bonds. The summed E-state index contributed by atoms with van der Waals surface area (Å²) < 4.78 is 4.80. The number of nitrogens with zero attached hydrogens (tertiary/aromatic N) is 2. The zero-order valence-corrected chi connectivity index (χ0v) is 10.9. The Morgan fingerprint density at radius 2 is 2.00 bits per heavy atom. The van der Waals surface area contributed by atoms with E-state index in [1.807, 2.05) is 24.3 Å². The summed E-state index contributed by atoms with van der Waals surface area (Å²) in [6.45, 7) is 2.13. The van der Waals surface area contributed by atoms with E-state index >= 15 is 0 Å². The molecule has 2 aromatic rings. The first kappa shape index (κ1) is 12.0. The second-order valence-electron chi connectivity index (χ2n) is 4.73. The number of rotatable bonds is 2. The van der Waals surface area contributed by atoms with Crippen LogP contribution >= 0.6 is 0 Å². The van der Waals surface area contributed by atoms with Crippen molar-refractivity contribution in [1.82, 2.24) is 4.98 Å². The molecule has 0 radical (unpaired) electrons. The third-order valence-corrected chi connectivity index (χ3v) is 3.55. The maximum atomic E-state index is 11.7. The molecule has 2 heterocycles. The van der Waals surface area contributed by atoms with Crippen LogP contribution in [-0.4, -0.2) is 31.2 Å². The van der Waals surface area contributed by atoms with Gasteiger partial charge in [-0.15, -0.1) is 0 Å². The van der Waals surface area contributed by atoms with Gasteiger partial charge in [-0.3, -0.25) is 0 Å². The zero-order valence-electron chi connectivity index (χ0n) is 10.9. The lowest BCUT2D eigenvalue weighted by atomic mass is 10.1. The number of esters is 1. The zero-order chi connectivity index (χ0) is 13.2. The first-order chi connectivity index (χ1) is 9.29. The van der Waals surface area contributed by atoms with Gasteiger partial charge in [-0.2, -0.15) is 0 Å². The Bertz CT molecular complexity index is 619. The molecule has 98 valence electrons. The van der Waals surface area contributed by atoms with Gasteiger partial charge < -0.3 is 9.64 Å². The van der Waals surface area contributed by atoms with E-state index in [0.717, 1.165) is 29.8 Å². The Labute approximate surface area is 112 Å². The van der Waals surface area contributed by atoms with E-state index < -0.39 is 0 Å². The molecular formula is C15H16N2O2. The van der Waals surface area contributed by atoms with Crippen LogP contribution in [-0.2, 0) is 4.74 Å². The Hall–Kier alpha value is -2.10. The fourth-order valence-corrected chi connectivity index (χ4v) is 2.55. The van der Waals surface area contributed by atoms with E-state index in [9.17, 15) is 4.79 Å². The summed E-state index contributed by atoms with van der Waals surface area (Å²) in [4.78, 5) is 18.6. The molecule has 19 heavy (non-hydrogen) atoms. The highest BCUT2D eigenvalue weighted by atomic mass is 16.5. The maximum Gasteiger partial charge on any atom is 0.338 e. The molecule has 4 heteroatoms. The molecule has 0 saturated carbocycles. The number of carbonyl (C=O) groups excluding carboxylic acids is 1. The summed E-state index contributed by atoms with van der Waals surface area (Å²) in [5.74, 6) is 0.674. The summed E-state index contributed by atoms with van der Waals surface area (Å²) >= 11 is 0. The minimum absolute atomic E-state index is 0.318. The van der Waals surface area contributed by atoms with E-state index in [-0.39, 0.29) is 5.97 Å². The lowest BCUT2D eigenvalue weighted by Crippen LogP contribution is -2.18. The van der Waals surface area contributed by atoms with Crippen LogP contribution in [0.3, 0.4) is 0 Å². The van der Waals surface area contributed by atoms with Gasteiger partial charge in [0.1, 0.15) is 5.82 Å². The van der Waals surface area contributed by atoms with Crippen LogP contribution in [0.25, 0.3) is 10.9 Å². The SMILES string of the molecule is COC(=O)c1cccc2nc(N3CCCC3)ccc12. The van der Waals surface area contributed by atoms with Crippen LogP contribution < -0.4 is 4.90 Å². The van der Waals surface area contributed by atoms with Crippen molar-refractivity contribution in [3.05, 3.63) is 35.9 Å². The van der Waals surface area contributed by atoms with Gasteiger partial charge in [0.25, 0.3) is 0 Å². The van der Waals surface area contributed by atoms with Gasteiger partial charge in [-0.05, 0) is 37.1 Å². The second-order valence-corrected chi connectivity index (χ2v) is 4.73. The smallest absolute Gasteiger partial charge is 0.338 e. The van der Waals surface area contributed by atoms with Crippen molar-refractivity contribution in [2.24, 2.45) is 0 Å². The molecule has 0 N–H and O–H groups in total. The molecule has 0 aliphatic carbocycles. The van der Waals surface area contributed by atoms with Crippen LogP contribution in [0.15, 0.2) is 30.3 Å². The third-order valence-electron chi connectivity index (χ3n) is 3.55. The molecule has 4 nitrogen and oxygen atoms in total. The van der Waals surface area contributed by atoms with Gasteiger partial charge in [-0.25, -0.2) is 9.78 Å². The first-order valence-corrected chi connectivity index (χ1v) is 6.52. The van der Waals surface area contributed by atoms with Crippen molar-refractivity contribution < 1.29 is 9.53 Å². The fourth-order valence-electron chi connectivity index (χ4n) is 2.55. The molecule has 3 rings (SSSR count). The first-order valence-electron chi connectivity index (χ1n) is 6.52. The number of ether oxygens (including phenoxy) is 1. The van der Waals surface area contributed by atoms with Crippen LogP contribution in [0.1, 0.15) is 23.2 Å². The number of benzene rings is 1. The monoisotopic (exact) mass is 256 g/mol. The van der Waals surface area contributed by atoms with Crippen molar-refractivity contribution in [2.75, 3.05) is 25.1 Å². The second kappa shape index (κ2) is 4.88. The topological polar surface area (TPSA) is 42.4 Å². The number of anilines is 1. The Kier molecular flexibility index (Phi) is 3.07. The molecule has 0 atom stereocenters. The number of fused-ring (bicyclic) bond motifs is 1. The van der Waals surface area contributed by atoms with Crippen molar-refractivity contribution in [3.8, 4) is 0 Å². The van der Waals surface area contributed by atoms with Crippen LogP contribution in [0.5, 0.6) is 0 Å². The number of pyridine rings is 1. The lowest BCUT2D eigenvalue weighted by molar-refractivity contribution is 0.0603. The van der Waals surface area contributed by atoms with Gasteiger partial charge in [0.15, 0.2) is 0 Å². The molecule has 0 spiro atoms. The molecule has 1 fully saturated rings. The van der Waals surface area contributed by atoms with Gasteiger partial charge in [0.2, 0.25) is 0 Å². The van der Waals surface area contributed by atoms with Crippen molar-refractivity contribution >= 4 is 22.7 Å². The van der Waals surface area contributed by atoms with E-state index in [1.165, 1.54) is 20.0 Å². The highest BCUT2D eigenvalue weighted by molar-refractivity contribution is 6.03. The number of aromatic nitrogens is 1. The van der Waals surface area contributed by atoms with Gasteiger partial charge in [0.05, 0.1) is 18.2 Å². The van der Waals surface area contributed by atoms with E-state index in [2.05, 4.69) is 9.88 Å². The van der Waals surface area contributed by atoms with Gasteiger partial charge >= 0.3 is 5.97 Å². The summed E-state index contributed by atoms with van der Waals surface area (Å²) in [7, 11) is 1.40. The van der Waals surface area contributed by atoms with Crippen LogP contribution in [0, 0.1) is 0 Å². The largest absolute Gasteiger partial charge is 0.465 e. The summed E-state index contributed by atoms with van der Waals surface area (Å²) in [6.07, 6.45) is 2.45. The summed E-state index contributed by atoms with van der Waals surface area (Å²) in [5, 5.41) is 0.845. The Balaban J connectivity index is 2.06. The highest BCUT2D eigenvalue weighted by Crippen LogP contribution is 2.24. The molecular weight excluding hydrogens is 240 g/mol. The number of hydrogen-bond acceptors (Lipinski definition) is 4.